The number of nitrogens with one attached hydrogen (secondary N) is 1. The van der Waals surface area contributed by atoms with Crippen LogP contribution < -0.4 is 24.4 Å². The fraction of sp³-hybridized carbons (Fsp3) is 0.259. The lowest BCUT2D eigenvalue weighted by Gasteiger charge is -2.41. The van der Waals surface area contributed by atoms with Gasteiger partial charge >= 0.3 is 0 Å². The van der Waals surface area contributed by atoms with Crippen molar-refractivity contribution in [2.24, 2.45) is 4.99 Å². The van der Waals surface area contributed by atoms with Gasteiger partial charge in [-0.3, -0.25) is 14.4 Å². The number of aliphatic imine (C=N–C) groups is 1. The largest absolute Gasteiger partial charge is 0.497 e. The van der Waals surface area contributed by atoms with Crippen LogP contribution in [-0.4, -0.2) is 54.1 Å². The maximum absolute atomic E-state index is 5.87. The van der Waals surface area contributed by atoms with Gasteiger partial charge in [0.05, 0.1) is 31.5 Å². The molecular weight excluding hydrogens is 456 g/mol. The van der Waals surface area contributed by atoms with Gasteiger partial charge in [0.25, 0.3) is 0 Å². The van der Waals surface area contributed by atoms with Crippen molar-refractivity contribution in [1.82, 2.24) is 19.8 Å². The molecule has 0 saturated carbocycles. The van der Waals surface area contributed by atoms with E-state index in [0.29, 0.717) is 26.6 Å². The summed E-state index contributed by atoms with van der Waals surface area (Å²) < 4.78 is 19.2. The van der Waals surface area contributed by atoms with Crippen molar-refractivity contribution in [3.63, 3.8) is 0 Å². The van der Waals surface area contributed by atoms with Crippen molar-refractivity contribution in [3.05, 3.63) is 77.9 Å². The van der Waals surface area contributed by atoms with Crippen molar-refractivity contribution < 1.29 is 14.2 Å². The third kappa shape index (κ3) is 3.51. The first kappa shape index (κ1) is 21.1. The molecule has 1 unspecified atom stereocenters. The molecule has 3 aliphatic rings. The molecule has 1 N–H and O–H groups in total. The van der Waals surface area contributed by atoms with Gasteiger partial charge in [0, 0.05) is 6.54 Å². The number of rotatable bonds is 4. The average molecular weight is 483 g/mol. The lowest BCUT2D eigenvalue weighted by Crippen LogP contribution is -2.57. The zero-order chi connectivity index (χ0) is 24.1. The molecule has 4 aromatic rings. The Bertz CT molecular complexity index is 1460. The predicted molar refractivity (Wildman–Crippen MR) is 137 cm³/mol. The number of hydrogen-bond acceptors (Lipinski definition) is 8. The van der Waals surface area contributed by atoms with E-state index in [1.54, 1.807) is 7.11 Å². The molecule has 9 nitrogen and oxygen atoms in total. The Hall–Kier alpha value is -4.24. The lowest BCUT2D eigenvalue weighted by molar-refractivity contribution is 0.171. The van der Waals surface area contributed by atoms with Gasteiger partial charge in [0.15, 0.2) is 11.5 Å². The Balaban J connectivity index is 1.25. The zero-order valence-corrected chi connectivity index (χ0v) is 19.9. The first-order valence-corrected chi connectivity index (χ1v) is 12.1. The fourth-order valence-corrected chi connectivity index (χ4v) is 5.06. The topological polar surface area (TPSA) is 76.4 Å². The van der Waals surface area contributed by atoms with E-state index in [9.17, 15) is 0 Å². The van der Waals surface area contributed by atoms with Crippen LogP contribution in [0.25, 0.3) is 11.0 Å². The second kappa shape index (κ2) is 8.46. The van der Waals surface area contributed by atoms with Gasteiger partial charge in [0.2, 0.25) is 11.9 Å². The smallest absolute Gasteiger partial charge is 0.216 e. The summed E-state index contributed by atoms with van der Waals surface area (Å²) in [6.45, 7) is 3.18. The Kier molecular flexibility index (Phi) is 4.95. The molecule has 0 radical (unpaired) electrons. The quantitative estimate of drug-likeness (QED) is 0.477. The van der Waals surface area contributed by atoms with Crippen molar-refractivity contribution >= 4 is 22.9 Å². The van der Waals surface area contributed by atoms with Crippen LogP contribution in [0, 0.1) is 0 Å². The first-order chi connectivity index (χ1) is 17.8. The molecule has 1 atom stereocenters. The van der Waals surface area contributed by atoms with Crippen LogP contribution in [0.15, 0.2) is 71.7 Å². The van der Waals surface area contributed by atoms with Crippen molar-refractivity contribution in [1.29, 1.82) is 0 Å². The molecule has 3 aliphatic heterocycles. The molecule has 7 rings (SSSR count). The average Bonchev–Trinajstić information content (AvgIpc) is 3.33. The molecule has 182 valence electrons. The van der Waals surface area contributed by atoms with Crippen molar-refractivity contribution in [2.75, 3.05) is 38.6 Å². The highest BCUT2D eigenvalue weighted by atomic mass is 16.6. The number of imidazole rings is 1. The van der Waals surface area contributed by atoms with E-state index < -0.39 is 0 Å². The van der Waals surface area contributed by atoms with E-state index >= 15 is 0 Å². The van der Waals surface area contributed by atoms with Crippen molar-refractivity contribution in [2.45, 2.75) is 12.7 Å². The number of ether oxygens (including phenoxy) is 3. The summed E-state index contributed by atoms with van der Waals surface area (Å²) >= 11 is 0. The highest BCUT2D eigenvalue weighted by Crippen LogP contribution is 2.38. The van der Waals surface area contributed by atoms with Gasteiger partial charge in [-0.15, -0.1) is 0 Å². The fourth-order valence-electron chi connectivity index (χ4n) is 5.06. The SMILES string of the molecule is COc1ccc(CN2CN=C3NC(c4ccc5c(c4)OCCO5)n4c(nc5ccccc54)N3C2)cc1. The number of hydrogen-bond donors (Lipinski definition) is 1. The van der Waals surface area contributed by atoms with E-state index in [0.717, 1.165) is 52.3 Å². The second-order valence-electron chi connectivity index (χ2n) is 9.09. The van der Waals surface area contributed by atoms with Crippen LogP contribution in [0.5, 0.6) is 17.2 Å². The summed E-state index contributed by atoms with van der Waals surface area (Å²) in [4.78, 5) is 14.4. The zero-order valence-electron chi connectivity index (χ0n) is 19.9. The number of benzene rings is 3. The highest BCUT2D eigenvalue weighted by molar-refractivity contribution is 5.98. The lowest BCUT2D eigenvalue weighted by atomic mass is 10.1. The van der Waals surface area contributed by atoms with Gasteiger partial charge in [-0.2, -0.15) is 0 Å². The van der Waals surface area contributed by atoms with Crippen LogP contribution in [0.4, 0.5) is 5.95 Å². The molecule has 0 aliphatic carbocycles. The third-order valence-corrected chi connectivity index (χ3v) is 6.81. The van der Waals surface area contributed by atoms with E-state index in [4.69, 9.17) is 24.2 Å². The molecule has 9 heteroatoms. The molecule has 0 fully saturated rings. The normalized spacial score (nSPS) is 18.8. The molecule has 0 saturated heterocycles. The van der Waals surface area contributed by atoms with Gasteiger partial charge in [0.1, 0.15) is 25.1 Å². The number of guanidine groups is 1. The van der Waals surface area contributed by atoms with Gasteiger partial charge in [-0.05, 0) is 47.5 Å². The summed E-state index contributed by atoms with van der Waals surface area (Å²) in [7, 11) is 1.68. The maximum Gasteiger partial charge on any atom is 0.216 e. The summed E-state index contributed by atoms with van der Waals surface area (Å²) in [5, 5.41) is 3.67. The Labute approximate surface area is 208 Å². The number of nitrogens with zero attached hydrogens (tertiary/aromatic N) is 5. The van der Waals surface area contributed by atoms with Crippen molar-refractivity contribution in [3.8, 4) is 17.2 Å². The number of para-hydroxylation sites is 2. The standard InChI is InChI=1S/C27H26N6O3/c1-34-20-9-6-18(7-10-20)15-31-16-28-26-30-25(19-8-11-23-24(14-19)36-13-12-35-23)33-22-5-3-2-4-21(22)29-27(33)32(26)17-31/h2-11,14,25H,12-13,15-17H2,1H3,(H,28,30). The maximum atomic E-state index is 5.87. The second-order valence-corrected chi connectivity index (χ2v) is 9.09. The number of methoxy groups -OCH3 is 1. The molecule has 3 aromatic carbocycles. The minimum absolute atomic E-state index is 0.175. The molecule has 0 bridgehead atoms. The number of fused-ring (bicyclic) bond motifs is 6. The molecule has 1 aromatic heterocycles. The molecule has 0 amide bonds. The third-order valence-electron chi connectivity index (χ3n) is 6.81. The predicted octanol–water partition coefficient (Wildman–Crippen LogP) is 3.56. The Morgan fingerprint density at radius 2 is 1.83 bits per heavy atom. The minimum Gasteiger partial charge on any atom is -0.497 e. The Morgan fingerprint density at radius 3 is 2.69 bits per heavy atom. The number of anilines is 1. The molecule has 0 spiro atoms. The monoisotopic (exact) mass is 482 g/mol. The van der Waals surface area contributed by atoms with E-state index in [1.807, 2.05) is 30.3 Å². The Morgan fingerprint density at radius 1 is 1.00 bits per heavy atom. The minimum atomic E-state index is -0.175. The summed E-state index contributed by atoms with van der Waals surface area (Å²) in [6, 6.07) is 22.5. The van der Waals surface area contributed by atoms with Gasteiger partial charge < -0.3 is 19.5 Å². The molecule has 4 heterocycles. The summed E-state index contributed by atoms with van der Waals surface area (Å²) in [6.07, 6.45) is -0.175. The summed E-state index contributed by atoms with van der Waals surface area (Å²) in [5.74, 6) is 4.10. The van der Waals surface area contributed by atoms with E-state index in [-0.39, 0.29) is 6.17 Å². The van der Waals surface area contributed by atoms with E-state index in [1.165, 1.54) is 5.56 Å². The van der Waals surface area contributed by atoms with Gasteiger partial charge in [-0.25, -0.2) is 9.98 Å². The van der Waals surface area contributed by atoms with Crippen LogP contribution in [0.1, 0.15) is 17.3 Å². The number of aromatic nitrogens is 2. The van der Waals surface area contributed by atoms with Gasteiger partial charge in [-0.1, -0.05) is 30.3 Å². The van der Waals surface area contributed by atoms with Crippen LogP contribution in [0.2, 0.25) is 0 Å². The summed E-state index contributed by atoms with van der Waals surface area (Å²) in [5.41, 5.74) is 4.28. The first-order valence-electron chi connectivity index (χ1n) is 12.1. The van der Waals surface area contributed by atoms with Crippen LogP contribution >= 0.6 is 0 Å². The van der Waals surface area contributed by atoms with Crippen LogP contribution in [0.3, 0.4) is 0 Å². The van der Waals surface area contributed by atoms with Crippen LogP contribution in [-0.2, 0) is 6.54 Å². The van der Waals surface area contributed by atoms with E-state index in [2.05, 4.69) is 56.1 Å². The molecule has 36 heavy (non-hydrogen) atoms. The highest BCUT2D eigenvalue weighted by Gasteiger charge is 2.36. The molecular formula is C27H26N6O3.